The third kappa shape index (κ3) is 3.40. The topological polar surface area (TPSA) is 94.0 Å². The molecular formula is C13H12N4O2. The fourth-order valence-electron chi connectivity index (χ4n) is 1.37. The summed E-state index contributed by atoms with van der Waals surface area (Å²) < 4.78 is 4.83. The molecule has 1 amide bonds. The van der Waals surface area contributed by atoms with Crippen LogP contribution in [0.1, 0.15) is 21.9 Å². The largest absolute Gasteiger partial charge is 0.361 e. The SMILES string of the molecule is Cc1cc(C(=O)Nc2cccc(C#CCN)n2)no1. The van der Waals surface area contributed by atoms with Crippen molar-refractivity contribution in [3.63, 3.8) is 0 Å². The van der Waals surface area contributed by atoms with Crippen LogP contribution in [-0.2, 0) is 0 Å². The minimum absolute atomic E-state index is 0.206. The van der Waals surface area contributed by atoms with Gasteiger partial charge in [-0.1, -0.05) is 17.1 Å². The van der Waals surface area contributed by atoms with Crippen molar-refractivity contribution >= 4 is 11.7 Å². The Morgan fingerprint density at radius 2 is 2.37 bits per heavy atom. The average Bonchev–Trinajstić information content (AvgIpc) is 2.83. The predicted octanol–water partition coefficient (Wildman–Crippen LogP) is 0.941. The maximum Gasteiger partial charge on any atom is 0.279 e. The molecule has 96 valence electrons. The Labute approximate surface area is 110 Å². The van der Waals surface area contributed by atoms with E-state index in [2.05, 4.69) is 27.3 Å². The number of amides is 1. The molecule has 0 spiro atoms. The summed E-state index contributed by atoms with van der Waals surface area (Å²) >= 11 is 0. The number of nitrogens with one attached hydrogen (secondary N) is 1. The van der Waals surface area contributed by atoms with E-state index in [1.54, 1.807) is 31.2 Å². The molecule has 19 heavy (non-hydrogen) atoms. The highest BCUT2D eigenvalue weighted by molar-refractivity contribution is 6.02. The smallest absolute Gasteiger partial charge is 0.279 e. The summed E-state index contributed by atoms with van der Waals surface area (Å²) in [6.45, 7) is 1.97. The summed E-state index contributed by atoms with van der Waals surface area (Å²) in [6.07, 6.45) is 0. The number of nitrogens with zero attached hydrogens (tertiary/aromatic N) is 2. The minimum atomic E-state index is -0.381. The Hall–Kier alpha value is -2.65. The van der Waals surface area contributed by atoms with Gasteiger partial charge in [0.1, 0.15) is 17.3 Å². The quantitative estimate of drug-likeness (QED) is 0.780. The summed E-state index contributed by atoms with van der Waals surface area (Å²) in [5, 5.41) is 6.24. The van der Waals surface area contributed by atoms with E-state index in [-0.39, 0.29) is 18.1 Å². The second-order valence-electron chi connectivity index (χ2n) is 3.69. The van der Waals surface area contributed by atoms with E-state index in [1.165, 1.54) is 0 Å². The number of aromatic nitrogens is 2. The molecule has 0 saturated heterocycles. The standard InChI is InChI=1S/C13H12N4O2/c1-9-8-11(17-19-9)13(18)16-12-6-2-4-10(15-12)5-3-7-14/h2,4,6,8H,7,14H2,1H3,(H,15,16,18). The van der Waals surface area contributed by atoms with Gasteiger partial charge in [-0.2, -0.15) is 0 Å². The van der Waals surface area contributed by atoms with Gasteiger partial charge in [-0.25, -0.2) is 4.98 Å². The Balaban J connectivity index is 2.13. The zero-order valence-corrected chi connectivity index (χ0v) is 10.3. The second kappa shape index (κ2) is 5.80. The van der Waals surface area contributed by atoms with E-state index in [4.69, 9.17) is 10.3 Å². The Bertz CT molecular complexity index is 652. The number of pyridine rings is 1. The second-order valence-corrected chi connectivity index (χ2v) is 3.69. The van der Waals surface area contributed by atoms with Crippen molar-refractivity contribution in [1.82, 2.24) is 10.1 Å². The van der Waals surface area contributed by atoms with Crippen molar-refractivity contribution in [2.45, 2.75) is 6.92 Å². The molecule has 3 N–H and O–H groups in total. The molecule has 2 aromatic rings. The van der Waals surface area contributed by atoms with E-state index in [9.17, 15) is 4.79 Å². The molecular weight excluding hydrogens is 244 g/mol. The molecule has 0 aromatic carbocycles. The van der Waals surface area contributed by atoms with E-state index >= 15 is 0 Å². The first-order chi connectivity index (χ1) is 9.19. The van der Waals surface area contributed by atoms with Crippen LogP contribution in [0.15, 0.2) is 28.8 Å². The summed E-state index contributed by atoms with van der Waals surface area (Å²) in [5.74, 6) is 6.07. The van der Waals surface area contributed by atoms with E-state index in [0.29, 0.717) is 17.3 Å². The zero-order chi connectivity index (χ0) is 13.7. The van der Waals surface area contributed by atoms with Gasteiger partial charge in [0.25, 0.3) is 5.91 Å². The lowest BCUT2D eigenvalue weighted by molar-refractivity contribution is 0.101. The number of hydrogen-bond donors (Lipinski definition) is 2. The molecule has 0 aliphatic heterocycles. The number of carbonyl (C=O) groups is 1. The molecule has 0 aliphatic rings. The van der Waals surface area contributed by atoms with Crippen molar-refractivity contribution < 1.29 is 9.32 Å². The van der Waals surface area contributed by atoms with Crippen LogP contribution in [0.5, 0.6) is 0 Å². The number of nitrogens with two attached hydrogens (primary N) is 1. The van der Waals surface area contributed by atoms with Crippen LogP contribution in [0.25, 0.3) is 0 Å². The average molecular weight is 256 g/mol. The third-order valence-electron chi connectivity index (χ3n) is 2.17. The molecule has 0 radical (unpaired) electrons. The number of hydrogen-bond acceptors (Lipinski definition) is 5. The van der Waals surface area contributed by atoms with Crippen molar-refractivity contribution in [3.05, 3.63) is 41.4 Å². The molecule has 0 unspecified atom stereocenters. The van der Waals surface area contributed by atoms with Gasteiger partial charge >= 0.3 is 0 Å². The summed E-state index contributed by atoms with van der Waals surface area (Å²) in [7, 11) is 0. The molecule has 0 saturated carbocycles. The zero-order valence-electron chi connectivity index (χ0n) is 10.3. The lowest BCUT2D eigenvalue weighted by atomic mass is 10.3. The molecule has 6 heteroatoms. The summed E-state index contributed by atoms with van der Waals surface area (Å²) in [5.41, 5.74) is 6.03. The van der Waals surface area contributed by atoms with Gasteiger partial charge in [-0.15, -0.1) is 0 Å². The molecule has 2 heterocycles. The highest BCUT2D eigenvalue weighted by Crippen LogP contribution is 2.08. The van der Waals surface area contributed by atoms with Crippen molar-refractivity contribution in [1.29, 1.82) is 0 Å². The van der Waals surface area contributed by atoms with Crippen LogP contribution in [0, 0.1) is 18.8 Å². The van der Waals surface area contributed by atoms with Crippen molar-refractivity contribution in [2.75, 3.05) is 11.9 Å². The highest BCUT2D eigenvalue weighted by Gasteiger charge is 2.11. The molecule has 0 fully saturated rings. The van der Waals surface area contributed by atoms with Crippen LogP contribution in [-0.4, -0.2) is 22.6 Å². The van der Waals surface area contributed by atoms with Crippen LogP contribution < -0.4 is 11.1 Å². The van der Waals surface area contributed by atoms with E-state index in [0.717, 1.165) is 0 Å². The summed E-state index contributed by atoms with van der Waals surface area (Å²) in [4.78, 5) is 16.0. The van der Waals surface area contributed by atoms with E-state index < -0.39 is 0 Å². The van der Waals surface area contributed by atoms with Crippen molar-refractivity contribution in [3.8, 4) is 11.8 Å². The molecule has 2 aromatic heterocycles. The molecule has 0 aliphatic carbocycles. The fourth-order valence-corrected chi connectivity index (χ4v) is 1.37. The molecule has 0 atom stereocenters. The number of rotatable bonds is 2. The number of anilines is 1. The number of aryl methyl sites for hydroxylation is 1. The monoisotopic (exact) mass is 256 g/mol. The van der Waals surface area contributed by atoms with Crippen LogP contribution >= 0.6 is 0 Å². The maximum atomic E-state index is 11.8. The van der Waals surface area contributed by atoms with Gasteiger partial charge in [0.15, 0.2) is 5.69 Å². The lowest BCUT2D eigenvalue weighted by Gasteiger charge is -2.01. The van der Waals surface area contributed by atoms with Crippen LogP contribution in [0.4, 0.5) is 5.82 Å². The van der Waals surface area contributed by atoms with Gasteiger partial charge in [0, 0.05) is 6.07 Å². The Morgan fingerprint density at radius 1 is 1.53 bits per heavy atom. The van der Waals surface area contributed by atoms with Gasteiger partial charge in [0.05, 0.1) is 6.54 Å². The molecule has 6 nitrogen and oxygen atoms in total. The lowest BCUT2D eigenvalue weighted by Crippen LogP contribution is -2.13. The maximum absolute atomic E-state index is 11.8. The van der Waals surface area contributed by atoms with Crippen LogP contribution in [0.3, 0.4) is 0 Å². The normalized spacial score (nSPS) is 9.58. The first-order valence-corrected chi connectivity index (χ1v) is 5.59. The first-order valence-electron chi connectivity index (χ1n) is 5.59. The first kappa shape index (κ1) is 12.8. The predicted molar refractivity (Wildman–Crippen MR) is 69.4 cm³/mol. The Kier molecular flexibility index (Phi) is 3.90. The van der Waals surface area contributed by atoms with Gasteiger partial charge in [-0.05, 0) is 25.0 Å². The van der Waals surface area contributed by atoms with Gasteiger partial charge in [-0.3, -0.25) is 4.79 Å². The Morgan fingerprint density at radius 3 is 3.05 bits per heavy atom. The van der Waals surface area contributed by atoms with Gasteiger partial charge < -0.3 is 15.6 Å². The third-order valence-corrected chi connectivity index (χ3v) is 2.17. The van der Waals surface area contributed by atoms with Crippen molar-refractivity contribution in [2.24, 2.45) is 5.73 Å². The minimum Gasteiger partial charge on any atom is -0.361 e. The highest BCUT2D eigenvalue weighted by atomic mass is 16.5. The number of carbonyl (C=O) groups excluding carboxylic acids is 1. The van der Waals surface area contributed by atoms with E-state index in [1.807, 2.05) is 0 Å². The van der Waals surface area contributed by atoms with Gasteiger partial charge in [0.2, 0.25) is 0 Å². The van der Waals surface area contributed by atoms with Crippen LogP contribution in [0.2, 0.25) is 0 Å². The molecule has 0 bridgehead atoms. The summed E-state index contributed by atoms with van der Waals surface area (Å²) in [6, 6.07) is 6.70. The fraction of sp³-hybridized carbons (Fsp3) is 0.154. The molecule has 2 rings (SSSR count).